The maximum absolute atomic E-state index is 4.56. The highest BCUT2D eigenvalue weighted by Gasteiger charge is 2.05. The summed E-state index contributed by atoms with van der Waals surface area (Å²) in [7, 11) is 1.87. The van der Waals surface area contributed by atoms with Gasteiger partial charge in [-0.15, -0.1) is 0 Å². The van der Waals surface area contributed by atoms with E-state index in [4.69, 9.17) is 0 Å². The van der Waals surface area contributed by atoms with Gasteiger partial charge >= 0.3 is 0 Å². The second-order valence-electron chi connectivity index (χ2n) is 4.04. The van der Waals surface area contributed by atoms with E-state index in [9.17, 15) is 0 Å². The van der Waals surface area contributed by atoms with E-state index in [1.54, 1.807) is 0 Å². The molecule has 3 nitrogen and oxygen atoms in total. The molecule has 3 heteroatoms. The first kappa shape index (κ1) is 10.7. The Morgan fingerprint density at radius 2 is 1.78 bits per heavy atom. The summed E-state index contributed by atoms with van der Waals surface area (Å²) in [6, 6.07) is 16.1. The van der Waals surface area contributed by atoms with Crippen LogP contribution < -0.4 is 5.32 Å². The molecule has 18 heavy (non-hydrogen) atoms. The first-order chi connectivity index (χ1) is 8.88. The molecule has 0 unspecified atom stereocenters. The molecular formula is C15H13N3. The molecule has 3 rings (SSSR count). The normalized spacial score (nSPS) is 10.5. The van der Waals surface area contributed by atoms with Gasteiger partial charge in [0.15, 0.2) is 0 Å². The van der Waals surface area contributed by atoms with Gasteiger partial charge < -0.3 is 5.32 Å². The lowest BCUT2D eigenvalue weighted by molar-refractivity contribution is 1.28. The van der Waals surface area contributed by atoms with E-state index < -0.39 is 0 Å². The Bertz CT molecular complexity index is 687. The van der Waals surface area contributed by atoms with Gasteiger partial charge in [0.25, 0.3) is 0 Å². The second kappa shape index (κ2) is 4.45. The minimum Gasteiger partial charge on any atom is -0.373 e. The number of fused-ring (bicyclic) bond motifs is 1. The number of pyridine rings is 2. The van der Waals surface area contributed by atoms with Gasteiger partial charge in [-0.05, 0) is 18.2 Å². The van der Waals surface area contributed by atoms with E-state index in [-0.39, 0.29) is 0 Å². The second-order valence-corrected chi connectivity index (χ2v) is 4.04. The Kier molecular flexibility index (Phi) is 2.65. The SMILES string of the molecule is CNc1cccc(-c2cccc3cccnc23)n1. The van der Waals surface area contributed by atoms with Crippen LogP contribution >= 0.6 is 0 Å². The van der Waals surface area contributed by atoms with Crippen LogP contribution in [-0.2, 0) is 0 Å². The summed E-state index contributed by atoms with van der Waals surface area (Å²) in [5, 5.41) is 4.18. The largest absolute Gasteiger partial charge is 0.373 e. The van der Waals surface area contributed by atoms with Gasteiger partial charge in [0.2, 0.25) is 0 Å². The Balaban J connectivity index is 2.24. The van der Waals surface area contributed by atoms with Crippen molar-refractivity contribution in [2.24, 2.45) is 0 Å². The van der Waals surface area contributed by atoms with E-state index in [0.717, 1.165) is 28.0 Å². The van der Waals surface area contributed by atoms with Crippen molar-refractivity contribution < 1.29 is 0 Å². The molecule has 0 amide bonds. The molecular weight excluding hydrogens is 222 g/mol. The zero-order valence-corrected chi connectivity index (χ0v) is 10.1. The van der Waals surface area contributed by atoms with Gasteiger partial charge in [-0.3, -0.25) is 4.98 Å². The van der Waals surface area contributed by atoms with Crippen LogP contribution in [0.2, 0.25) is 0 Å². The van der Waals surface area contributed by atoms with Gasteiger partial charge in [-0.25, -0.2) is 4.98 Å². The van der Waals surface area contributed by atoms with Crippen LogP contribution in [-0.4, -0.2) is 17.0 Å². The zero-order valence-electron chi connectivity index (χ0n) is 10.1. The van der Waals surface area contributed by atoms with Crippen molar-refractivity contribution in [1.29, 1.82) is 0 Å². The summed E-state index contributed by atoms with van der Waals surface area (Å²) in [6.45, 7) is 0. The van der Waals surface area contributed by atoms with Crippen LogP contribution in [0.5, 0.6) is 0 Å². The van der Waals surface area contributed by atoms with E-state index in [2.05, 4.69) is 33.5 Å². The average Bonchev–Trinajstić information content (AvgIpc) is 2.47. The maximum atomic E-state index is 4.56. The van der Waals surface area contributed by atoms with Gasteiger partial charge in [0.1, 0.15) is 5.82 Å². The smallest absolute Gasteiger partial charge is 0.126 e. The van der Waals surface area contributed by atoms with Crippen molar-refractivity contribution in [3.8, 4) is 11.3 Å². The van der Waals surface area contributed by atoms with Crippen LogP contribution in [0.4, 0.5) is 5.82 Å². The molecule has 2 heterocycles. The van der Waals surface area contributed by atoms with Gasteiger partial charge in [-0.2, -0.15) is 0 Å². The summed E-state index contributed by atoms with van der Waals surface area (Å²) in [6.07, 6.45) is 1.81. The third-order valence-corrected chi connectivity index (χ3v) is 2.91. The number of para-hydroxylation sites is 1. The summed E-state index contributed by atoms with van der Waals surface area (Å²) in [5.74, 6) is 0.862. The highest BCUT2D eigenvalue weighted by Crippen LogP contribution is 2.26. The lowest BCUT2D eigenvalue weighted by atomic mass is 10.1. The predicted molar refractivity (Wildman–Crippen MR) is 74.5 cm³/mol. The highest BCUT2D eigenvalue weighted by atomic mass is 15.0. The third-order valence-electron chi connectivity index (χ3n) is 2.91. The fourth-order valence-electron chi connectivity index (χ4n) is 2.03. The van der Waals surface area contributed by atoms with Crippen molar-refractivity contribution >= 4 is 16.7 Å². The maximum Gasteiger partial charge on any atom is 0.126 e. The average molecular weight is 235 g/mol. The number of benzene rings is 1. The number of anilines is 1. The molecule has 0 spiro atoms. The molecule has 0 fully saturated rings. The molecule has 0 aliphatic heterocycles. The molecule has 0 bridgehead atoms. The molecule has 0 saturated carbocycles. The number of hydrogen-bond acceptors (Lipinski definition) is 3. The Hall–Kier alpha value is -2.42. The van der Waals surface area contributed by atoms with E-state index in [1.807, 2.05) is 43.6 Å². The summed E-state index contributed by atoms with van der Waals surface area (Å²) in [4.78, 5) is 9.01. The molecule has 0 saturated heterocycles. The molecule has 0 atom stereocenters. The van der Waals surface area contributed by atoms with Crippen molar-refractivity contribution in [1.82, 2.24) is 9.97 Å². The van der Waals surface area contributed by atoms with Crippen LogP contribution in [0.3, 0.4) is 0 Å². The first-order valence-corrected chi connectivity index (χ1v) is 5.87. The van der Waals surface area contributed by atoms with Crippen molar-refractivity contribution in [3.63, 3.8) is 0 Å². The molecule has 0 aliphatic rings. The Labute approximate surface area is 106 Å². The molecule has 1 aromatic carbocycles. The summed E-state index contributed by atoms with van der Waals surface area (Å²) in [5.41, 5.74) is 2.98. The van der Waals surface area contributed by atoms with Crippen LogP contribution in [0.1, 0.15) is 0 Å². The minimum atomic E-state index is 0.862. The lowest BCUT2D eigenvalue weighted by Gasteiger charge is -2.06. The summed E-state index contributed by atoms with van der Waals surface area (Å²) >= 11 is 0. The van der Waals surface area contributed by atoms with Crippen molar-refractivity contribution in [3.05, 3.63) is 54.7 Å². The fraction of sp³-hybridized carbons (Fsp3) is 0.0667. The lowest BCUT2D eigenvalue weighted by Crippen LogP contribution is -1.94. The number of nitrogens with one attached hydrogen (secondary N) is 1. The van der Waals surface area contributed by atoms with Crippen LogP contribution in [0, 0.1) is 0 Å². The molecule has 2 aromatic heterocycles. The van der Waals surface area contributed by atoms with E-state index in [1.165, 1.54) is 0 Å². The third kappa shape index (κ3) is 1.80. The standard InChI is InChI=1S/C15H13N3/c1-16-14-9-3-8-13(18-14)12-7-2-5-11-6-4-10-17-15(11)12/h2-10H,1H3,(H,16,18). The molecule has 0 radical (unpaired) electrons. The van der Waals surface area contributed by atoms with Crippen LogP contribution in [0.25, 0.3) is 22.2 Å². The molecule has 0 aliphatic carbocycles. The van der Waals surface area contributed by atoms with Crippen molar-refractivity contribution in [2.45, 2.75) is 0 Å². The number of nitrogens with zero attached hydrogens (tertiary/aromatic N) is 2. The Morgan fingerprint density at radius 1 is 0.944 bits per heavy atom. The summed E-state index contributed by atoms with van der Waals surface area (Å²) < 4.78 is 0. The predicted octanol–water partition coefficient (Wildman–Crippen LogP) is 3.34. The van der Waals surface area contributed by atoms with Crippen LogP contribution in [0.15, 0.2) is 54.7 Å². The molecule has 1 N–H and O–H groups in total. The monoisotopic (exact) mass is 235 g/mol. The van der Waals surface area contributed by atoms with Crippen molar-refractivity contribution in [2.75, 3.05) is 12.4 Å². The zero-order chi connectivity index (χ0) is 12.4. The number of aromatic nitrogens is 2. The molecule has 3 aromatic rings. The number of hydrogen-bond donors (Lipinski definition) is 1. The molecule has 88 valence electrons. The highest BCUT2D eigenvalue weighted by molar-refractivity contribution is 5.92. The van der Waals surface area contributed by atoms with E-state index >= 15 is 0 Å². The minimum absolute atomic E-state index is 0.862. The quantitative estimate of drug-likeness (QED) is 0.740. The van der Waals surface area contributed by atoms with Gasteiger partial charge in [0, 0.05) is 24.2 Å². The fourth-order valence-corrected chi connectivity index (χ4v) is 2.03. The first-order valence-electron chi connectivity index (χ1n) is 5.87. The topological polar surface area (TPSA) is 37.8 Å². The van der Waals surface area contributed by atoms with Gasteiger partial charge in [0.05, 0.1) is 11.2 Å². The van der Waals surface area contributed by atoms with Gasteiger partial charge in [-0.1, -0.05) is 30.3 Å². The number of rotatable bonds is 2. The Morgan fingerprint density at radius 3 is 2.67 bits per heavy atom. The van der Waals surface area contributed by atoms with E-state index in [0.29, 0.717) is 0 Å².